The summed E-state index contributed by atoms with van der Waals surface area (Å²) in [6.45, 7) is 7.54. The molecule has 1 saturated heterocycles. The summed E-state index contributed by atoms with van der Waals surface area (Å²) in [7, 11) is 0. The third kappa shape index (κ3) is 7.20. The molecular weight excluding hydrogens is 206 g/mol. The summed E-state index contributed by atoms with van der Waals surface area (Å²) < 4.78 is 5.35. The predicted octanol–water partition coefficient (Wildman–Crippen LogP) is 2.68. The summed E-state index contributed by atoms with van der Waals surface area (Å²) in [5.41, 5.74) is 0. The lowest BCUT2D eigenvalue weighted by Crippen LogP contribution is -2.23. The zero-order valence-electron chi connectivity index (χ0n) is 10.1. The Balaban J connectivity index is 1.83. The van der Waals surface area contributed by atoms with Gasteiger partial charge in [-0.05, 0) is 38.0 Å². The van der Waals surface area contributed by atoms with Gasteiger partial charge >= 0.3 is 0 Å². The van der Waals surface area contributed by atoms with Crippen molar-refractivity contribution in [2.24, 2.45) is 0 Å². The lowest BCUT2D eigenvalue weighted by atomic mass is 10.2. The van der Waals surface area contributed by atoms with Crippen LogP contribution in [0.1, 0.15) is 39.5 Å². The van der Waals surface area contributed by atoms with Gasteiger partial charge in [0, 0.05) is 24.5 Å². The summed E-state index contributed by atoms with van der Waals surface area (Å²) in [6, 6.07) is 0.633. The highest BCUT2D eigenvalue weighted by molar-refractivity contribution is 7.99. The molecule has 0 bridgehead atoms. The van der Waals surface area contributed by atoms with Crippen LogP contribution in [0.25, 0.3) is 0 Å². The molecule has 1 N–H and O–H groups in total. The van der Waals surface area contributed by atoms with Gasteiger partial charge in [0.2, 0.25) is 0 Å². The minimum absolute atomic E-state index is 0.633. The summed E-state index contributed by atoms with van der Waals surface area (Å²) in [5, 5.41) is 4.33. The normalized spacial score (nSPS) is 18.6. The van der Waals surface area contributed by atoms with Gasteiger partial charge in [-0.3, -0.25) is 0 Å². The summed E-state index contributed by atoms with van der Waals surface area (Å²) in [4.78, 5) is 0. The van der Waals surface area contributed by atoms with Gasteiger partial charge in [0.15, 0.2) is 0 Å². The van der Waals surface area contributed by atoms with Crippen molar-refractivity contribution in [3.05, 3.63) is 0 Å². The first kappa shape index (κ1) is 13.3. The second-order valence-corrected chi connectivity index (χ2v) is 5.91. The van der Waals surface area contributed by atoms with Crippen LogP contribution in [-0.2, 0) is 4.74 Å². The van der Waals surface area contributed by atoms with Gasteiger partial charge < -0.3 is 10.1 Å². The van der Waals surface area contributed by atoms with E-state index < -0.39 is 0 Å². The summed E-state index contributed by atoms with van der Waals surface area (Å²) in [6.07, 6.45) is 5.18. The molecule has 0 aromatic rings. The fourth-order valence-electron chi connectivity index (χ4n) is 1.71. The fourth-order valence-corrected chi connectivity index (χ4v) is 2.94. The molecule has 3 heteroatoms. The molecule has 0 radical (unpaired) electrons. The zero-order chi connectivity index (χ0) is 10.9. The summed E-state index contributed by atoms with van der Waals surface area (Å²) >= 11 is 2.15. The van der Waals surface area contributed by atoms with Crippen LogP contribution >= 0.6 is 11.8 Å². The second kappa shape index (κ2) is 8.43. The Morgan fingerprint density at radius 3 is 2.67 bits per heavy atom. The molecule has 1 aliphatic heterocycles. The number of ether oxygens (including phenoxy) is 1. The van der Waals surface area contributed by atoms with Crippen LogP contribution in [0.3, 0.4) is 0 Å². The van der Waals surface area contributed by atoms with E-state index in [0.717, 1.165) is 18.5 Å². The van der Waals surface area contributed by atoms with Crippen LogP contribution in [-0.4, -0.2) is 36.8 Å². The molecule has 0 spiro atoms. The zero-order valence-corrected chi connectivity index (χ0v) is 10.9. The molecule has 0 amide bonds. The van der Waals surface area contributed by atoms with Gasteiger partial charge in [-0.1, -0.05) is 13.8 Å². The molecule has 90 valence electrons. The number of hydrogen-bond acceptors (Lipinski definition) is 3. The molecule has 15 heavy (non-hydrogen) atoms. The van der Waals surface area contributed by atoms with Crippen LogP contribution in [0.5, 0.6) is 0 Å². The van der Waals surface area contributed by atoms with E-state index in [0.29, 0.717) is 6.04 Å². The van der Waals surface area contributed by atoms with Crippen molar-refractivity contribution in [1.29, 1.82) is 0 Å². The average molecular weight is 231 g/mol. The predicted molar refractivity (Wildman–Crippen MR) is 68.7 cm³/mol. The number of rotatable bonds is 7. The van der Waals surface area contributed by atoms with Crippen molar-refractivity contribution >= 4 is 11.8 Å². The van der Waals surface area contributed by atoms with E-state index in [2.05, 4.69) is 30.9 Å². The molecule has 0 aromatic heterocycles. The number of hydrogen-bond donors (Lipinski definition) is 1. The molecule has 2 nitrogen and oxygen atoms in total. The first-order chi connectivity index (χ1) is 7.29. The lowest BCUT2D eigenvalue weighted by Gasteiger charge is -2.21. The van der Waals surface area contributed by atoms with E-state index >= 15 is 0 Å². The highest BCUT2D eigenvalue weighted by Gasteiger charge is 2.13. The van der Waals surface area contributed by atoms with Crippen molar-refractivity contribution in [2.75, 3.05) is 25.5 Å². The number of thioether (sulfide) groups is 1. The summed E-state index contributed by atoms with van der Waals surface area (Å²) in [5.74, 6) is 1.32. The third-order valence-corrected chi connectivity index (χ3v) is 4.11. The van der Waals surface area contributed by atoms with E-state index in [9.17, 15) is 0 Å². The Kier molecular flexibility index (Phi) is 7.49. The molecule has 1 aliphatic rings. The van der Waals surface area contributed by atoms with Crippen molar-refractivity contribution in [3.63, 3.8) is 0 Å². The molecule has 0 aromatic carbocycles. The van der Waals surface area contributed by atoms with Crippen molar-refractivity contribution in [3.8, 4) is 0 Å². The van der Waals surface area contributed by atoms with E-state index in [1.165, 1.54) is 38.0 Å². The van der Waals surface area contributed by atoms with E-state index in [1.807, 2.05) is 0 Å². The molecule has 1 rings (SSSR count). The SMILES string of the molecule is CC(C)NCCCCSC1CCOCC1. The maximum Gasteiger partial charge on any atom is 0.0476 e. The first-order valence-electron chi connectivity index (χ1n) is 6.22. The Labute approximate surface area is 98.5 Å². The highest BCUT2D eigenvalue weighted by atomic mass is 32.2. The smallest absolute Gasteiger partial charge is 0.0476 e. The Hall–Kier alpha value is 0.270. The minimum Gasteiger partial charge on any atom is -0.381 e. The average Bonchev–Trinajstić information content (AvgIpc) is 2.24. The van der Waals surface area contributed by atoms with Gasteiger partial charge in [0.25, 0.3) is 0 Å². The van der Waals surface area contributed by atoms with Gasteiger partial charge in [0.05, 0.1) is 0 Å². The maximum absolute atomic E-state index is 5.35. The molecule has 0 atom stereocenters. The highest BCUT2D eigenvalue weighted by Crippen LogP contribution is 2.22. The Morgan fingerprint density at radius 2 is 2.00 bits per heavy atom. The second-order valence-electron chi connectivity index (χ2n) is 4.50. The van der Waals surface area contributed by atoms with Crippen LogP contribution in [0, 0.1) is 0 Å². The number of nitrogens with one attached hydrogen (secondary N) is 1. The largest absolute Gasteiger partial charge is 0.381 e. The molecule has 0 saturated carbocycles. The topological polar surface area (TPSA) is 21.3 Å². The monoisotopic (exact) mass is 231 g/mol. The molecule has 1 heterocycles. The third-order valence-electron chi connectivity index (χ3n) is 2.65. The van der Waals surface area contributed by atoms with Crippen LogP contribution in [0.15, 0.2) is 0 Å². The Bertz CT molecular complexity index is 147. The van der Waals surface area contributed by atoms with Gasteiger partial charge in [-0.25, -0.2) is 0 Å². The van der Waals surface area contributed by atoms with Gasteiger partial charge in [0.1, 0.15) is 0 Å². The molecule has 0 unspecified atom stereocenters. The lowest BCUT2D eigenvalue weighted by molar-refractivity contribution is 0.100. The van der Waals surface area contributed by atoms with Crippen LogP contribution in [0.2, 0.25) is 0 Å². The van der Waals surface area contributed by atoms with Crippen LogP contribution < -0.4 is 5.32 Å². The first-order valence-corrected chi connectivity index (χ1v) is 7.26. The quantitative estimate of drug-likeness (QED) is 0.681. The fraction of sp³-hybridized carbons (Fsp3) is 1.00. The van der Waals surface area contributed by atoms with Crippen LogP contribution in [0.4, 0.5) is 0 Å². The van der Waals surface area contributed by atoms with Crippen molar-refractivity contribution in [2.45, 2.75) is 50.8 Å². The van der Waals surface area contributed by atoms with Crippen molar-refractivity contribution in [1.82, 2.24) is 5.32 Å². The Morgan fingerprint density at radius 1 is 1.27 bits per heavy atom. The molecule has 0 aliphatic carbocycles. The molecular formula is C12H25NOS. The minimum atomic E-state index is 0.633. The molecule has 1 fully saturated rings. The van der Waals surface area contributed by atoms with E-state index in [4.69, 9.17) is 4.74 Å². The standard InChI is InChI=1S/C12H25NOS/c1-11(2)13-7-3-4-10-15-12-5-8-14-9-6-12/h11-13H,3-10H2,1-2H3. The van der Waals surface area contributed by atoms with Crippen molar-refractivity contribution < 1.29 is 4.74 Å². The number of unbranched alkanes of at least 4 members (excludes halogenated alkanes) is 1. The van der Waals surface area contributed by atoms with Gasteiger partial charge in [-0.15, -0.1) is 0 Å². The van der Waals surface area contributed by atoms with Gasteiger partial charge in [-0.2, -0.15) is 11.8 Å². The van der Waals surface area contributed by atoms with E-state index in [-0.39, 0.29) is 0 Å². The maximum atomic E-state index is 5.35. The van der Waals surface area contributed by atoms with E-state index in [1.54, 1.807) is 0 Å².